The number of hydrogen-bond donors (Lipinski definition) is 1. The van der Waals surface area contributed by atoms with Gasteiger partial charge in [-0.15, -0.1) is 0 Å². The third kappa shape index (κ3) is 3.03. The predicted molar refractivity (Wildman–Crippen MR) is 104 cm³/mol. The van der Waals surface area contributed by atoms with Crippen molar-refractivity contribution in [3.8, 4) is 0 Å². The smallest absolute Gasteiger partial charge is 0.227 e. The molecule has 1 aliphatic heterocycles. The molecule has 1 aromatic carbocycles. The summed E-state index contributed by atoms with van der Waals surface area (Å²) in [5.41, 5.74) is 2.12. The van der Waals surface area contributed by atoms with Gasteiger partial charge in [-0.25, -0.2) is 0 Å². The fourth-order valence-electron chi connectivity index (χ4n) is 5.51. The van der Waals surface area contributed by atoms with Crippen molar-refractivity contribution in [1.29, 1.82) is 0 Å². The number of para-hydroxylation sites is 1. The maximum absolute atomic E-state index is 12.9. The van der Waals surface area contributed by atoms with Gasteiger partial charge in [0.1, 0.15) is 0 Å². The fraction of sp³-hybridized carbons (Fsp3) is 0.545. The highest BCUT2D eigenvalue weighted by atomic mass is 16.2. The summed E-state index contributed by atoms with van der Waals surface area (Å²) in [6.45, 7) is 2.69. The molecule has 2 aromatic rings. The molecule has 3 fully saturated rings. The molecule has 142 valence electrons. The third-order valence-electron chi connectivity index (χ3n) is 7.02. The average Bonchev–Trinajstić information content (AvgIpc) is 3.44. The summed E-state index contributed by atoms with van der Waals surface area (Å²) in [6, 6.07) is 8.09. The Kier molecular flexibility index (Phi) is 4.18. The van der Waals surface area contributed by atoms with Crippen LogP contribution in [0.15, 0.2) is 30.5 Å². The van der Waals surface area contributed by atoms with E-state index in [1.165, 1.54) is 19.3 Å². The highest BCUT2D eigenvalue weighted by Crippen LogP contribution is 2.48. The number of hydrogen-bond acceptors (Lipinski definition) is 2. The summed E-state index contributed by atoms with van der Waals surface area (Å²) >= 11 is 0. The molecule has 2 amide bonds. The zero-order valence-corrected chi connectivity index (χ0v) is 15.7. The summed E-state index contributed by atoms with van der Waals surface area (Å²) in [5, 5.41) is 1.12. The van der Waals surface area contributed by atoms with Crippen LogP contribution < -0.4 is 0 Å². The first-order valence-electron chi connectivity index (χ1n) is 10.3. The van der Waals surface area contributed by atoms with E-state index in [0.717, 1.165) is 28.8 Å². The minimum absolute atomic E-state index is 0.159. The number of amides is 2. The summed E-state index contributed by atoms with van der Waals surface area (Å²) < 4.78 is 0. The number of benzene rings is 1. The second-order valence-electron chi connectivity index (χ2n) is 8.52. The van der Waals surface area contributed by atoms with Crippen LogP contribution in [0.1, 0.15) is 31.2 Å². The van der Waals surface area contributed by atoms with E-state index in [9.17, 15) is 9.59 Å². The van der Waals surface area contributed by atoms with E-state index in [1.807, 2.05) is 34.2 Å². The molecule has 3 unspecified atom stereocenters. The van der Waals surface area contributed by atoms with Gasteiger partial charge in [0, 0.05) is 49.2 Å². The SMILES string of the molecule is O=C(Cc1c[nH]c2ccccc12)N1CCN(C(=O)C2CC3CCC2C3)CC1. The molecule has 1 saturated heterocycles. The van der Waals surface area contributed by atoms with Gasteiger partial charge < -0.3 is 14.8 Å². The van der Waals surface area contributed by atoms with Gasteiger partial charge in [0.15, 0.2) is 0 Å². The minimum atomic E-state index is 0.159. The normalized spacial score (nSPS) is 27.5. The average molecular weight is 365 g/mol. The lowest BCUT2D eigenvalue weighted by Crippen LogP contribution is -2.52. The van der Waals surface area contributed by atoms with E-state index in [0.29, 0.717) is 44.4 Å². The molecule has 2 saturated carbocycles. The lowest BCUT2D eigenvalue weighted by atomic mass is 9.87. The van der Waals surface area contributed by atoms with Gasteiger partial charge in [-0.2, -0.15) is 0 Å². The van der Waals surface area contributed by atoms with Crippen molar-refractivity contribution >= 4 is 22.7 Å². The van der Waals surface area contributed by atoms with Gasteiger partial charge in [0.2, 0.25) is 11.8 Å². The molecule has 2 heterocycles. The zero-order chi connectivity index (χ0) is 18.4. The third-order valence-corrected chi connectivity index (χ3v) is 7.02. The molecule has 0 spiro atoms. The Hall–Kier alpha value is -2.30. The lowest BCUT2D eigenvalue weighted by molar-refractivity contribution is -0.143. The number of fused-ring (bicyclic) bond motifs is 3. The maximum Gasteiger partial charge on any atom is 0.227 e. The monoisotopic (exact) mass is 365 g/mol. The molecule has 3 aliphatic rings. The Morgan fingerprint density at radius 2 is 1.78 bits per heavy atom. The van der Waals surface area contributed by atoms with Crippen molar-refractivity contribution in [3.05, 3.63) is 36.0 Å². The van der Waals surface area contributed by atoms with E-state index in [-0.39, 0.29) is 11.8 Å². The molecule has 5 rings (SSSR count). The summed E-state index contributed by atoms with van der Waals surface area (Å²) in [7, 11) is 0. The number of rotatable bonds is 3. The second-order valence-corrected chi connectivity index (χ2v) is 8.52. The van der Waals surface area contributed by atoms with E-state index in [2.05, 4.69) is 11.1 Å². The molecule has 3 atom stereocenters. The van der Waals surface area contributed by atoms with Gasteiger partial charge in [0.25, 0.3) is 0 Å². The van der Waals surface area contributed by atoms with Crippen molar-refractivity contribution in [1.82, 2.24) is 14.8 Å². The second kappa shape index (κ2) is 6.70. The first-order valence-corrected chi connectivity index (χ1v) is 10.3. The van der Waals surface area contributed by atoms with E-state index in [1.54, 1.807) is 0 Å². The van der Waals surface area contributed by atoms with E-state index >= 15 is 0 Å². The van der Waals surface area contributed by atoms with Crippen LogP contribution in [0, 0.1) is 17.8 Å². The van der Waals surface area contributed by atoms with Crippen molar-refractivity contribution in [2.24, 2.45) is 17.8 Å². The van der Waals surface area contributed by atoms with Gasteiger partial charge >= 0.3 is 0 Å². The van der Waals surface area contributed by atoms with Crippen LogP contribution in [0.4, 0.5) is 0 Å². The molecule has 5 heteroatoms. The highest BCUT2D eigenvalue weighted by molar-refractivity contribution is 5.89. The molecule has 1 aromatic heterocycles. The van der Waals surface area contributed by atoms with Crippen molar-refractivity contribution in [2.45, 2.75) is 32.1 Å². The number of nitrogens with zero attached hydrogens (tertiary/aromatic N) is 2. The first kappa shape index (κ1) is 16.8. The Bertz CT molecular complexity index is 865. The van der Waals surface area contributed by atoms with Crippen molar-refractivity contribution in [3.63, 3.8) is 0 Å². The predicted octanol–water partition coefficient (Wildman–Crippen LogP) is 2.82. The molecule has 1 N–H and O–H groups in total. The Morgan fingerprint density at radius 1 is 1.00 bits per heavy atom. The Labute approximate surface area is 159 Å². The van der Waals surface area contributed by atoms with Crippen LogP contribution in [0.25, 0.3) is 10.9 Å². The topological polar surface area (TPSA) is 56.4 Å². The standard InChI is InChI=1S/C22H27N3O2/c26-21(13-17-14-23-20-4-2-1-3-18(17)20)24-7-9-25(10-8-24)22(27)19-12-15-5-6-16(19)11-15/h1-4,14-16,19,23H,5-13H2. The quantitative estimate of drug-likeness (QED) is 0.909. The van der Waals surface area contributed by atoms with Gasteiger partial charge in [-0.1, -0.05) is 24.6 Å². The molecule has 0 radical (unpaired) electrons. The summed E-state index contributed by atoms with van der Waals surface area (Å²) in [6.07, 6.45) is 7.29. The molecule has 27 heavy (non-hydrogen) atoms. The van der Waals surface area contributed by atoms with Crippen LogP contribution in [-0.4, -0.2) is 52.8 Å². The lowest BCUT2D eigenvalue weighted by Gasteiger charge is -2.37. The Balaban J connectivity index is 1.18. The van der Waals surface area contributed by atoms with Crippen molar-refractivity contribution in [2.75, 3.05) is 26.2 Å². The molecular formula is C22H27N3O2. The molecular weight excluding hydrogens is 338 g/mol. The van der Waals surface area contributed by atoms with Gasteiger partial charge in [-0.05, 0) is 42.7 Å². The maximum atomic E-state index is 12.9. The highest BCUT2D eigenvalue weighted by Gasteiger charge is 2.44. The van der Waals surface area contributed by atoms with Crippen molar-refractivity contribution < 1.29 is 9.59 Å². The van der Waals surface area contributed by atoms with Crippen LogP contribution in [0.2, 0.25) is 0 Å². The molecule has 2 bridgehead atoms. The van der Waals surface area contributed by atoms with Crippen LogP contribution in [0.5, 0.6) is 0 Å². The molecule has 5 nitrogen and oxygen atoms in total. The van der Waals surface area contributed by atoms with Crippen LogP contribution in [0.3, 0.4) is 0 Å². The molecule has 2 aliphatic carbocycles. The van der Waals surface area contributed by atoms with Crippen LogP contribution in [-0.2, 0) is 16.0 Å². The zero-order valence-electron chi connectivity index (χ0n) is 15.7. The first-order chi connectivity index (χ1) is 13.2. The van der Waals surface area contributed by atoms with Crippen LogP contribution >= 0.6 is 0 Å². The van der Waals surface area contributed by atoms with Gasteiger partial charge in [-0.3, -0.25) is 9.59 Å². The number of carbonyl (C=O) groups excluding carboxylic acids is 2. The van der Waals surface area contributed by atoms with Gasteiger partial charge in [0.05, 0.1) is 6.42 Å². The number of nitrogens with one attached hydrogen (secondary N) is 1. The number of carbonyl (C=O) groups is 2. The summed E-state index contributed by atoms with van der Waals surface area (Å²) in [4.78, 5) is 32.8. The van der Waals surface area contributed by atoms with E-state index < -0.39 is 0 Å². The summed E-state index contributed by atoms with van der Waals surface area (Å²) in [5.74, 6) is 2.20. The Morgan fingerprint density at radius 3 is 2.52 bits per heavy atom. The number of aromatic amines is 1. The number of piperazine rings is 1. The fourth-order valence-corrected chi connectivity index (χ4v) is 5.51. The number of aromatic nitrogens is 1. The largest absolute Gasteiger partial charge is 0.361 e. The van der Waals surface area contributed by atoms with E-state index in [4.69, 9.17) is 0 Å². The minimum Gasteiger partial charge on any atom is -0.361 e. The number of H-pyrrole nitrogens is 1.